The van der Waals surface area contributed by atoms with Crippen molar-refractivity contribution < 1.29 is 8.97 Å². The van der Waals surface area contributed by atoms with Crippen molar-refractivity contribution in [1.29, 1.82) is 0 Å². The lowest BCUT2D eigenvalue weighted by molar-refractivity contribution is -0.923. The first-order valence-electron chi connectivity index (χ1n) is 10.4. The third-order valence-corrected chi connectivity index (χ3v) is 6.52. The van der Waals surface area contributed by atoms with E-state index in [1.165, 1.54) is 126 Å². The lowest BCUT2D eigenvalue weighted by Gasteiger charge is -2.36. The summed E-state index contributed by atoms with van der Waals surface area (Å²) in [6, 6.07) is 0. The Balaban J connectivity index is 1.72. The molecule has 2 saturated heterocycles. The van der Waals surface area contributed by atoms with Gasteiger partial charge in [0, 0.05) is 38.5 Å². The van der Waals surface area contributed by atoms with Crippen LogP contribution in [0.25, 0.3) is 0 Å². The van der Waals surface area contributed by atoms with Crippen LogP contribution in [0.1, 0.15) is 78.1 Å². The molecule has 2 nitrogen and oxygen atoms in total. The minimum absolute atomic E-state index is 1.37. The monoisotopic (exact) mass is 310 g/mol. The molecule has 0 spiro atoms. The van der Waals surface area contributed by atoms with Gasteiger partial charge in [0.1, 0.15) is 0 Å². The summed E-state index contributed by atoms with van der Waals surface area (Å²) in [4.78, 5) is 0. The molecule has 2 rings (SSSR count). The first-order valence-corrected chi connectivity index (χ1v) is 10.4. The Morgan fingerprint density at radius 2 is 0.818 bits per heavy atom. The van der Waals surface area contributed by atoms with Crippen molar-refractivity contribution in [1.82, 2.24) is 0 Å². The lowest BCUT2D eigenvalue weighted by atomic mass is 10.2. The summed E-state index contributed by atoms with van der Waals surface area (Å²) in [5.41, 5.74) is 0. The van der Waals surface area contributed by atoms with E-state index in [1.54, 1.807) is 0 Å². The van der Waals surface area contributed by atoms with Crippen molar-refractivity contribution in [2.45, 2.75) is 78.1 Å². The topological polar surface area (TPSA) is 0 Å². The standard InChI is InChI=1S/C20H42N2/c1-3-5-13-21(15-7-8-16-21)19-11-12-20-22(14-6-4-2)17-9-10-18-22/h3-20H2,1-2H3/q+2. The summed E-state index contributed by atoms with van der Waals surface area (Å²) in [5.74, 6) is 0. The second kappa shape index (κ2) is 9.27. The number of quaternary nitrogens is 2. The molecule has 2 aliphatic rings. The van der Waals surface area contributed by atoms with Gasteiger partial charge in [0.2, 0.25) is 0 Å². The summed E-state index contributed by atoms with van der Waals surface area (Å²) < 4.78 is 2.95. The van der Waals surface area contributed by atoms with Crippen LogP contribution in [0.2, 0.25) is 0 Å². The van der Waals surface area contributed by atoms with Crippen LogP contribution in [0.5, 0.6) is 0 Å². The fourth-order valence-electron chi connectivity index (χ4n) is 5.01. The molecule has 22 heavy (non-hydrogen) atoms. The van der Waals surface area contributed by atoms with Crippen molar-refractivity contribution >= 4 is 0 Å². The van der Waals surface area contributed by atoms with E-state index >= 15 is 0 Å². The molecule has 0 aromatic heterocycles. The number of likely N-dealkylation sites (tertiary alicyclic amines) is 2. The third-order valence-electron chi connectivity index (χ3n) is 6.52. The fraction of sp³-hybridized carbons (Fsp3) is 1.00. The molecule has 2 fully saturated rings. The number of rotatable bonds is 11. The lowest BCUT2D eigenvalue weighted by Crippen LogP contribution is -2.48. The summed E-state index contributed by atoms with van der Waals surface area (Å²) in [5, 5.41) is 0. The van der Waals surface area contributed by atoms with Gasteiger partial charge in [-0.05, 0) is 12.8 Å². The summed E-state index contributed by atoms with van der Waals surface area (Å²) in [7, 11) is 0. The Hall–Kier alpha value is -0.0800. The molecule has 0 bridgehead atoms. The highest BCUT2D eigenvalue weighted by molar-refractivity contribution is 4.59. The Morgan fingerprint density at radius 1 is 0.500 bits per heavy atom. The van der Waals surface area contributed by atoms with Gasteiger partial charge in [-0.15, -0.1) is 0 Å². The van der Waals surface area contributed by atoms with Gasteiger partial charge < -0.3 is 8.97 Å². The molecule has 0 saturated carbocycles. The maximum atomic E-state index is 2.35. The summed E-state index contributed by atoms with van der Waals surface area (Å²) in [6.07, 6.45) is 14.5. The predicted octanol–water partition coefficient (Wildman–Crippen LogP) is 4.59. The van der Waals surface area contributed by atoms with Gasteiger partial charge in [-0.1, -0.05) is 26.7 Å². The van der Waals surface area contributed by atoms with Crippen molar-refractivity contribution in [2.75, 3.05) is 52.4 Å². The first kappa shape index (κ1) is 18.3. The normalized spacial score (nSPS) is 23.2. The van der Waals surface area contributed by atoms with Crippen LogP contribution in [-0.4, -0.2) is 61.3 Å². The van der Waals surface area contributed by atoms with Crippen molar-refractivity contribution in [3.63, 3.8) is 0 Å². The highest BCUT2D eigenvalue weighted by atomic mass is 15.4. The minimum Gasteiger partial charge on any atom is -0.324 e. The quantitative estimate of drug-likeness (QED) is 0.387. The second-order valence-electron chi connectivity index (χ2n) is 8.30. The number of nitrogens with zero attached hydrogens (tertiary/aromatic N) is 2. The average molecular weight is 311 g/mol. The Labute approximate surface area is 140 Å². The molecule has 0 aromatic carbocycles. The Bertz CT molecular complexity index is 258. The molecule has 0 unspecified atom stereocenters. The van der Waals surface area contributed by atoms with Gasteiger partial charge in [-0.2, -0.15) is 0 Å². The number of unbranched alkanes of at least 4 members (excludes halogenated alkanes) is 3. The molecule has 130 valence electrons. The van der Waals surface area contributed by atoms with Crippen molar-refractivity contribution in [3.8, 4) is 0 Å². The van der Waals surface area contributed by atoms with E-state index in [0.717, 1.165) is 0 Å². The van der Waals surface area contributed by atoms with E-state index in [4.69, 9.17) is 0 Å². The van der Waals surface area contributed by atoms with Crippen LogP contribution in [0, 0.1) is 0 Å². The van der Waals surface area contributed by atoms with E-state index < -0.39 is 0 Å². The maximum Gasteiger partial charge on any atom is 0.0788 e. The van der Waals surface area contributed by atoms with Crippen LogP contribution in [-0.2, 0) is 0 Å². The van der Waals surface area contributed by atoms with E-state index in [1.807, 2.05) is 0 Å². The predicted molar refractivity (Wildman–Crippen MR) is 97.0 cm³/mol. The number of hydrogen-bond acceptors (Lipinski definition) is 0. The zero-order valence-corrected chi connectivity index (χ0v) is 15.6. The van der Waals surface area contributed by atoms with E-state index in [2.05, 4.69) is 13.8 Å². The largest absolute Gasteiger partial charge is 0.324 e. The van der Waals surface area contributed by atoms with Crippen LogP contribution < -0.4 is 0 Å². The van der Waals surface area contributed by atoms with Gasteiger partial charge in [-0.3, -0.25) is 0 Å². The second-order valence-corrected chi connectivity index (χ2v) is 8.30. The van der Waals surface area contributed by atoms with Gasteiger partial charge >= 0.3 is 0 Å². The minimum atomic E-state index is 1.37. The fourth-order valence-corrected chi connectivity index (χ4v) is 5.01. The third kappa shape index (κ3) is 5.23. The highest BCUT2D eigenvalue weighted by Gasteiger charge is 2.33. The van der Waals surface area contributed by atoms with E-state index in [0.29, 0.717) is 0 Å². The Kier molecular flexibility index (Phi) is 7.70. The Morgan fingerprint density at radius 3 is 1.14 bits per heavy atom. The van der Waals surface area contributed by atoms with Gasteiger partial charge in [0.15, 0.2) is 0 Å². The summed E-state index contributed by atoms with van der Waals surface area (Å²) in [6.45, 7) is 16.5. The number of hydrogen-bond donors (Lipinski definition) is 0. The smallest absolute Gasteiger partial charge is 0.0788 e. The molecular formula is C20H42N2+2. The van der Waals surface area contributed by atoms with E-state index in [9.17, 15) is 0 Å². The van der Waals surface area contributed by atoms with Crippen LogP contribution in [0.4, 0.5) is 0 Å². The molecule has 2 heteroatoms. The van der Waals surface area contributed by atoms with Crippen LogP contribution in [0.15, 0.2) is 0 Å². The van der Waals surface area contributed by atoms with Crippen molar-refractivity contribution in [2.24, 2.45) is 0 Å². The first-order chi connectivity index (χ1) is 10.7. The van der Waals surface area contributed by atoms with E-state index in [-0.39, 0.29) is 0 Å². The maximum absolute atomic E-state index is 2.35. The van der Waals surface area contributed by atoms with Crippen LogP contribution >= 0.6 is 0 Å². The molecule has 0 N–H and O–H groups in total. The highest BCUT2D eigenvalue weighted by Crippen LogP contribution is 2.24. The molecule has 0 aliphatic carbocycles. The van der Waals surface area contributed by atoms with Crippen molar-refractivity contribution in [3.05, 3.63) is 0 Å². The average Bonchev–Trinajstić information content (AvgIpc) is 3.19. The summed E-state index contributed by atoms with van der Waals surface area (Å²) >= 11 is 0. The van der Waals surface area contributed by atoms with Crippen LogP contribution in [0.3, 0.4) is 0 Å². The molecule has 0 atom stereocenters. The molecule has 0 aromatic rings. The SMILES string of the molecule is CCCC[N+]1(CCCC[N+]2(CCCC)CCCC2)CCCC1. The molecule has 0 radical (unpaired) electrons. The molecule has 2 aliphatic heterocycles. The van der Waals surface area contributed by atoms with Gasteiger partial charge in [-0.25, -0.2) is 0 Å². The zero-order chi connectivity index (χ0) is 15.7. The molecule has 0 amide bonds. The molecular weight excluding hydrogens is 268 g/mol. The van der Waals surface area contributed by atoms with Gasteiger partial charge in [0.05, 0.1) is 52.4 Å². The van der Waals surface area contributed by atoms with Gasteiger partial charge in [0.25, 0.3) is 0 Å². The molecule has 2 heterocycles. The zero-order valence-electron chi connectivity index (χ0n) is 15.6.